The first-order chi connectivity index (χ1) is 8.63. The number of fused-ring (bicyclic) bond motifs is 1. The monoisotopic (exact) mass is 246 g/mol. The summed E-state index contributed by atoms with van der Waals surface area (Å²) < 4.78 is 0. The molecular formula is C14H18N2O2. The van der Waals surface area contributed by atoms with Crippen molar-refractivity contribution in [3.05, 3.63) is 36.0 Å². The summed E-state index contributed by atoms with van der Waals surface area (Å²) in [5.74, 6) is -0.847. The van der Waals surface area contributed by atoms with Crippen LogP contribution in [0.4, 0.5) is 0 Å². The number of aliphatic carboxylic acids is 1. The first kappa shape index (κ1) is 12.6. The van der Waals surface area contributed by atoms with E-state index in [1.54, 1.807) is 6.20 Å². The van der Waals surface area contributed by atoms with Gasteiger partial charge in [-0.3, -0.25) is 10.1 Å². The van der Waals surface area contributed by atoms with Gasteiger partial charge < -0.3 is 10.1 Å². The van der Waals surface area contributed by atoms with Crippen LogP contribution in [0.5, 0.6) is 0 Å². The van der Waals surface area contributed by atoms with Gasteiger partial charge in [-0.2, -0.15) is 0 Å². The molecule has 2 unspecified atom stereocenters. The van der Waals surface area contributed by atoms with Crippen molar-refractivity contribution in [2.75, 3.05) is 0 Å². The quantitative estimate of drug-likeness (QED) is 0.760. The fourth-order valence-electron chi connectivity index (χ4n) is 2.03. The molecule has 2 rings (SSSR count). The van der Waals surface area contributed by atoms with Crippen LogP contribution in [0.1, 0.15) is 31.9 Å². The number of carboxylic acids is 1. The standard InChI is InChI=1S/C14H18N2O2/c1-3-9(2)16-13(14(17)18)11-8-15-12-7-5-4-6-10(11)12/h4-9,13,15-16H,3H2,1-2H3,(H,17,18). The van der Waals surface area contributed by atoms with Crippen molar-refractivity contribution in [2.24, 2.45) is 0 Å². The third kappa shape index (κ3) is 2.38. The number of hydrogen-bond donors (Lipinski definition) is 3. The van der Waals surface area contributed by atoms with E-state index >= 15 is 0 Å². The number of rotatable bonds is 5. The Hall–Kier alpha value is -1.81. The number of carbonyl (C=O) groups is 1. The molecule has 2 atom stereocenters. The SMILES string of the molecule is CCC(C)NC(C(=O)O)c1c[nH]c2ccccc12. The van der Waals surface area contributed by atoms with Gasteiger partial charge in [0.1, 0.15) is 6.04 Å². The van der Waals surface area contributed by atoms with Crippen LogP contribution in [0.15, 0.2) is 30.5 Å². The summed E-state index contributed by atoms with van der Waals surface area (Å²) in [5.41, 5.74) is 1.75. The number of carboxylic acid groups (broad SMARTS) is 1. The average Bonchev–Trinajstić information content (AvgIpc) is 2.79. The van der Waals surface area contributed by atoms with E-state index in [2.05, 4.69) is 10.3 Å². The third-order valence-electron chi connectivity index (χ3n) is 3.24. The van der Waals surface area contributed by atoms with E-state index in [1.165, 1.54) is 0 Å². The van der Waals surface area contributed by atoms with Crippen LogP contribution in [-0.2, 0) is 4.79 Å². The molecule has 0 spiro atoms. The molecule has 3 N–H and O–H groups in total. The fraction of sp³-hybridized carbons (Fsp3) is 0.357. The predicted octanol–water partition coefficient (Wildman–Crippen LogP) is 2.68. The number of para-hydroxylation sites is 1. The molecule has 1 heterocycles. The van der Waals surface area contributed by atoms with Crippen molar-refractivity contribution in [1.82, 2.24) is 10.3 Å². The van der Waals surface area contributed by atoms with E-state index in [1.807, 2.05) is 38.1 Å². The Balaban J connectivity index is 2.39. The minimum Gasteiger partial charge on any atom is -0.480 e. The molecule has 0 radical (unpaired) electrons. The van der Waals surface area contributed by atoms with E-state index in [0.717, 1.165) is 22.9 Å². The van der Waals surface area contributed by atoms with Crippen molar-refractivity contribution in [3.8, 4) is 0 Å². The third-order valence-corrected chi connectivity index (χ3v) is 3.24. The van der Waals surface area contributed by atoms with E-state index in [9.17, 15) is 9.90 Å². The fourth-order valence-corrected chi connectivity index (χ4v) is 2.03. The van der Waals surface area contributed by atoms with Gasteiger partial charge in [0.25, 0.3) is 0 Å². The molecule has 0 saturated carbocycles. The van der Waals surface area contributed by atoms with Gasteiger partial charge in [-0.05, 0) is 19.4 Å². The molecule has 0 aliphatic carbocycles. The summed E-state index contributed by atoms with van der Waals surface area (Å²) in [4.78, 5) is 14.5. The second kappa shape index (κ2) is 5.23. The second-order valence-electron chi connectivity index (χ2n) is 4.54. The molecular weight excluding hydrogens is 228 g/mol. The molecule has 4 heteroatoms. The smallest absolute Gasteiger partial charge is 0.325 e. The molecule has 1 aromatic heterocycles. The molecule has 0 bridgehead atoms. The van der Waals surface area contributed by atoms with Crippen LogP contribution in [0, 0.1) is 0 Å². The lowest BCUT2D eigenvalue weighted by Crippen LogP contribution is -2.34. The Bertz CT molecular complexity index is 547. The van der Waals surface area contributed by atoms with Crippen molar-refractivity contribution in [3.63, 3.8) is 0 Å². The number of hydrogen-bond acceptors (Lipinski definition) is 2. The van der Waals surface area contributed by atoms with E-state index in [4.69, 9.17) is 0 Å². The lowest BCUT2D eigenvalue weighted by Gasteiger charge is -2.18. The van der Waals surface area contributed by atoms with Gasteiger partial charge in [-0.15, -0.1) is 0 Å². The normalized spacial score (nSPS) is 14.6. The highest BCUT2D eigenvalue weighted by Crippen LogP contribution is 2.24. The van der Waals surface area contributed by atoms with Crippen molar-refractivity contribution >= 4 is 16.9 Å². The molecule has 0 fully saturated rings. The zero-order chi connectivity index (χ0) is 13.1. The van der Waals surface area contributed by atoms with Crippen LogP contribution < -0.4 is 5.32 Å². The van der Waals surface area contributed by atoms with Gasteiger partial charge in [-0.25, -0.2) is 0 Å². The molecule has 18 heavy (non-hydrogen) atoms. The van der Waals surface area contributed by atoms with Crippen LogP contribution in [0.25, 0.3) is 10.9 Å². The van der Waals surface area contributed by atoms with Crippen LogP contribution in [0.2, 0.25) is 0 Å². The number of nitrogens with one attached hydrogen (secondary N) is 2. The maximum Gasteiger partial charge on any atom is 0.325 e. The molecule has 4 nitrogen and oxygen atoms in total. The highest BCUT2D eigenvalue weighted by molar-refractivity contribution is 5.89. The van der Waals surface area contributed by atoms with Crippen molar-refractivity contribution in [2.45, 2.75) is 32.4 Å². The summed E-state index contributed by atoms with van der Waals surface area (Å²) in [6.07, 6.45) is 2.67. The zero-order valence-corrected chi connectivity index (χ0v) is 10.6. The number of aromatic nitrogens is 1. The second-order valence-corrected chi connectivity index (χ2v) is 4.54. The number of benzene rings is 1. The summed E-state index contributed by atoms with van der Waals surface area (Å²) in [5, 5.41) is 13.5. The predicted molar refractivity (Wildman–Crippen MR) is 71.6 cm³/mol. The Labute approximate surface area is 106 Å². The van der Waals surface area contributed by atoms with Gasteiger partial charge in [0.2, 0.25) is 0 Å². The lowest BCUT2D eigenvalue weighted by atomic mass is 10.0. The van der Waals surface area contributed by atoms with Gasteiger partial charge in [-0.1, -0.05) is 25.1 Å². The average molecular weight is 246 g/mol. The summed E-state index contributed by atoms with van der Waals surface area (Å²) in [6.45, 7) is 4.02. The Morgan fingerprint density at radius 2 is 2.17 bits per heavy atom. The van der Waals surface area contributed by atoms with Gasteiger partial charge in [0.15, 0.2) is 0 Å². The van der Waals surface area contributed by atoms with E-state index in [0.29, 0.717) is 0 Å². The molecule has 0 aliphatic heterocycles. The molecule has 0 saturated heterocycles. The minimum absolute atomic E-state index is 0.166. The van der Waals surface area contributed by atoms with Gasteiger partial charge in [0.05, 0.1) is 0 Å². The van der Waals surface area contributed by atoms with Gasteiger partial charge in [0, 0.05) is 28.7 Å². The first-order valence-electron chi connectivity index (χ1n) is 6.18. The maximum atomic E-state index is 11.4. The van der Waals surface area contributed by atoms with Gasteiger partial charge >= 0.3 is 5.97 Å². The van der Waals surface area contributed by atoms with E-state index < -0.39 is 12.0 Å². The summed E-state index contributed by atoms with van der Waals surface area (Å²) in [7, 11) is 0. The van der Waals surface area contributed by atoms with Crippen molar-refractivity contribution < 1.29 is 9.90 Å². The summed E-state index contributed by atoms with van der Waals surface area (Å²) in [6, 6.07) is 7.23. The zero-order valence-electron chi connectivity index (χ0n) is 10.6. The number of aromatic amines is 1. The van der Waals surface area contributed by atoms with Crippen LogP contribution in [-0.4, -0.2) is 22.1 Å². The lowest BCUT2D eigenvalue weighted by molar-refractivity contribution is -0.139. The summed E-state index contributed by atoms with van der Waals surface area (Å²) >= 11 is 0. The van der Waals surface area contributed by atoms with Crippen LogP contribution >= 0.6 is 0 Å². The topological polar surface area (TPSA) is 65.1 Å². The maximum absolute atomic E-state index is 11.4. The van der Waals surface area contributed by atoms with Crippen molar-refractivity contribution in [1.29, 1.82) is 0 Å². The number of H-pyrrole nitrogens is 1. The molecule has 2 aromatic rings. The van der Waals surface area contributed by atoms with Crippen LogP contribution in [0.3, 0.4) is 0 Å². The highest BCUT2D eigenvalue weighted by Gasteiger charge is 2.23. The highest BCUT2D eigenvalue weighted by atomic mass is 16.4. The molecule has 1 aromatic carbocycles. The molecule has 96 valence electrons. The minimum atomic E-state index is -0.847. The first-order valence-corrected chi connectivity index (χ1v) is 6.18. The Morgan fingerprint density at radius 3 is 2.83 bits per heavy atom. The largest absolute Gasteiger partial charge is 0.480 e. The van der Waals surface area contributed by atoms with E-state index in [-0.39, 0.29) is 6.04 Å². The Kier molecular flexibility index (Phi) is 3.67. The Morgan fingerprint density at radius 1 is 1.44 bits per heavy atom. The molecule has 0 aliphatic rings. The molecule has 0 amide bonds.